The van der Waals surface area contributed by atoms with Crippen molar-refractivity contribution in [2.45, 2.75) is 19.4 Å². The lowest BCUT2D eigenvalue weighted by Crippen LogP contribution is -2.22. The van der Waals surface area contributed by atoms with Crippen LogP contribution in [0.15, 0.2) is 24.3 Å². The van der Waals surface area contributed by atoms with Crippen molar-refractivity contribution in [2.24, 2.45) is 0 Å². The smallest absolute Gasteiger partial charge is 0.121 e. The number of methoxy groups -OCH3 is 1. The van der Waals surface area contributed by atoms with Gasteiger partial charge in [-0.1, -0.05) is 12.1 Å². The van der Waals surface area contributed by atoms with E-state index in [-0.39, 0.29) is 6.04 Å². The van der Waals surface area contributed by atoms with Crippen molar-refractivity contribution in [3.05, 3.63) is 29.8 Å². The summed E-state index contributed by atoms with van der Waals surface area (Å²) in [5.74, 6) is 0.767. The average Bonchev–Trinajstić information content (AvgIpc) is 2.43. The van der Waals surface area contributed by atoms with Crippen LogP contribution in [0.5, 0.6) is 5.75 Å². The van der Waals surface area contributed by atoms with E-state index in [9.17, 15) is 0 Å². The lowest BCUT2D eigenvalue weighted by Gasteiger charge is -2.12. The Morgan fingerprint density at radius 2 is 2.28 bits per heavy atom. The molecule has 0 saturated heterocycles. The molecule has 1 N–H and O–H groups in total. The van der Waals surface area contributed by atoms with E-state index in [2.05, 4.69) is 11.4 Å². The van der Waals surface area contributed by atoms with Crippen molar-refractivity contribution in [2.75, 3.05) is 26.9 Å². The van der Waals surface area contributed by atoms with Gasteiger partial charge in [-0.15, -0.1) is 0 Å². The van der Waals surface area contributed by atoms with Gasteiger partial charge in [-0.05, 0) is 37.6 Å². The predicted molar refractivity (Wildman–Crippen MR) is 70.5 cm³/mol. The minimum atomic E-state index is -0.304. The number of nitriles is 1. The molecule has 0 fully saturated rings. The quantitative estimate of drug-likeness (QED) is 0.717. The van der Waals surface area contributed by atoms with Gasteiger partial charge in [0.15, 0.2) is 0 Å². The van der Waals surface area contributed by atoms with Crippen molar-refractivity contribution in [1.82, 2.24) is 5.32 Å². The standard InChI is InChI=1S/C14H20N2O2/c1-3-18-9-5-8-16-14(11-15)12-6-4-7-13(10-12)17-2/h4,6-7,10,14,16H,3,5,8-9H2,1-2H3. The molecule has 0 aliphatic carbocycles. The highest BCUT2D eigenvalue weighted by molar-refractivity contribution is 5.32. The molecule has 0 bridgehead atoms. The molecule has 0 aliphatic heterocycles. The fourth-order valence-electron chi connectivity index (χ4n) is 1.62. The number of rotatable bonds is 8. The molecule has 0 aliphatic rings. The molecule has 4 heteroatoms. The second-order valence-electron chi connectivity index (χ2n) is 3.84. The number of nitrogens with one attached hydrogen (secondary N) is 1. The first-order chi connectivity index (χ1) is 8.81. The first-order valence-corrected chi connectivity index (χ1v) is 6.16. The summed E-state index contributed by atoms with van der Waals surface area (Å²) in [6.45, 7) is 4.19. The van der Waals surface area contributed by atoms with Gasteiger partial charge in [0.1, 0.15) is 11.8 Å². The first-order valence-electron chi connectivity index (χ1n) is 6.16. The molecule has 0 spiro atoms. The Bertz CT molecular complexity index is 388. The summed E-state index contributed by atoms with van der Waals surface area (Å²) in [5.41, 5.74) is 0.924. The van der Waals surface area contributed by atoms with Crippen molar-refractivity contribution in [3.63, 3.8) is 0 Å². The summed E-state index contributed by atoms with van der Waals surface area (Å²) in [5, 5.41) is 12.4. The Kier molecular flexibility index (Phi) is 6.85. The molecule has 0 heterocycles. The number of ether oxygens (including phenoxy) is 2. The molecule has 0 amide bonds. The highest BCUT2D eigenvalue weighted by atomic mass is 16.5. The third-order valence-corrected chi connectivity index (χ3v) is 2.57. The highest BCUT2D eigenvalue weighted by Crippen LogP contribution is 2.18. The highest BCUT2D eigenvalue weighted by Gasteiger charge is 2.09. The van der Waals surface area contributed by atoms with Crippen LogP contribution in [-0.2, 0) is 4.74 Å². The maximum absolute atomic E-state index is 9.16. The zero-order chi connectivity index (χ0) is 13.2. The Hall–Kier alpha value is -1.57. The van der Waals surface area contributed by atoms with Gasteiger partial charge < -0.3 is 9.47 Å². The zero-order valence-electron chi connectivity index (χ0n) is 11.0. The Morgan fingerprint density at radius 3 is 2.94 bits per heavy atom. The monoisotopic (exact) mass is 248 g/mol. The van der Waals surface area contributed by atoms with Crippen LogP contribution in [0.25, 0.3) is 0 Å². The van der Waals surface area contributed by atoms with Crippen LogP contribution in [-0.4, -0.2) is 26.9 Å². The summed E-state index contributed by atoms with van der Waals surface area (Å²) < 4.78 is 10.4. The second-order valence-corrected chi connectivity index (χ2v) is 3.84. The fraction of sp³-hybridized carbons (Fsp3) is 0.500. The van der Waals surface area contributed by atoms with Crippen molar-refractivity contribution in [3.8, 4) is 11.8 Å². The van der Waals surface area contributed by atoms with Crippen molar-refractivity contribution in [1.29, 1.82) is 5.26 Å². The van der Waals surface area contributed by atoms with Gasteiger partial charge in [-0.25, -0.2) is 0 Å². The largest absolute Gasteiger partial charge is 0.497 e. The molecule has 1 aromatic rings. The minimum Gasteiger partial charge on any atom is -0.497 e. The zero-order valence-corrected chi connectivity index (χ0v) is 11.0. The third-order valence-electron chi connectivity index (χ3n) is 2.57. The molecular formula is C14H20N2O2. The third kappa shape index (κ3) is 4.74. The summed E-state index contributed by atoms with van der Waals surface area (Å²) in [4.78, 5) is 0. The van der Waals surface area contributed by atoms with Crippen LogP contribution in [0.4, 0.5) is 0 Å². The second kappa shape index (κ2) is 8.51. The van der Waals surface area contributed by atoms with Crippen LogP contribution in [0, 0.1) is 11.3 Å². The van der Waals surface area contributed by atoms with Gasteiger partial charge in [-0.3, -0.25) is 5.32 Å². The van der Waals surface area contributed by atoms with Crippen LogP contribution < -0.4 is 10.1 Å². The fourth-order valence-corrected chi connectivity index (χ4v) is 1.62. The number of benzene rings is 1. The van der Waals surface area contributed by atoms with Crippen LogP contribution in [0.1, 0.15) is 24.9 Å². The maximum atomic E-state index is 9.16. The summed E-state index contributed by atoms with van der Waals surface area (Å²) in [6.07, 6.45) is 0.899. The molecule has 1 unspecified atom stereocenters. The molecule has 1 rings (SSSR count). The Labute approximate surface area is 109 Å². The molecular weight excluding hydrogens is 228 g/mol. The molecule has 1 atom stereocenters. The molecule has 0 saturated carbocycles. The predicted octanol–water partition coefficient (Wildman–Crippen LogP) is 2.28. The van der Waals surface area contributed by atoms with Gasteiger partial charge in [0.05, 0.1) is 13.2 Å². The summed E-state index contributed by atoms with van der Waals surface area (Å²) in [7, 11) is 1.62. The van der Waals surface area contributed by atoms with Gasteiger partial charge >= 0.3 is 0 Å². The minimum absolute atomic E-state index is 0.304. The van der Waals surface area contributed by atoms with Crippen LogP contribution in [0.3, 0.4) is 0 Å². The molecule has 98 valence electrons. The molecule has 4 nitrogen and oxygen atoms in total. The van der Waals surface area contributed by atoms with E-state index in [0.717, 1.165) is 37.5 Å². The van der Waals surface area contributed by atoms with E-state index in [0.29, 0.717) is 0 Å². The maximum Gasteiger partial charge on any atom is 0.121 e. The van der Waals surface area contributed by atoms with Gasteiger partial charge in [0.25, 0.3) is 0 Å². The van der Waals surface area contributed by atoms with Gasteiger partial charge in [0.2, 0.25) is 0 Å². The van der Waals surface area contributed by atoms with E-state index >= 15 is 0 Å². The average molecular weight is 248 g/mol. The number of hydrogen-bond acceptors (Lipinski definition) is 4. The Balaban J connectivity index is 2.47. The van der Waals surface area contributed by atoms with Gasteiger partial charge in [0, 0.05) is 13.2 Å². The van der Waals surface area contributed by atoms with E-state index in [4.69, 9.17) is 14.7 Å². The molecule has 1 aromatic carbocycles. The normalized spacial score (nSPS) is 11.8. The molecule has 0 aromatic heterocycles. The van der Waals surface area contributed by atoms with Gasteiger partial charge in [-0.2, -0.15) is 5.26 Å². The van der Waals surface area contributed by atoms with Crippen LogP contribution in [0.2, 0.25) is 0 Å². The molecule has 0 radical (unpaired) electrons. The summed E-state index contributed by atoms with van der Waals surface area (Å²) in [6, 6.07) is 9.51. The first kappa shape index (κ1) is 14.5. The number of nitrogens with zero attached hydrogens (tertiary/aromatic N) is 1. The van der Waals surface area contributed by atoms with Crippen LogP contribution >= 0.6 is 0 Å². The van der Waals surface area contributed by atoms with E-state index in [1.807, 2.05) is 31.2 Å². The lowest BCUT2D eigenvalue weighted by molar-refractivity contribution is 0.144. The SMILES string of the molecule is CCOCCCNC(C#N)c1cccc(OC)c1. The lowest BCUT2D eigenvalue weighted by atomic mass is 10.1. The molecule has 18 heavy (non-hydrogen) atoms. The summed E-state index contributed by atoms with van der Waals surface area (Å²) >= 11 is 0. The Morgan fingerprint density at radius 1 is 1.44 bits per heavy atom. The van der Waals surface area contributed by atoms with Crippen molar-refractivity contribution < 1.29 is 9.47 Å². The topological polar surface area (TPSA) is 54.3 Å². The van der Waals surface area contributed by atoms with E-state index in [1.54, 1.807) is 7.11 Å². The van der Waals surface area contributed by atoms with Crippen molar-refractivity contribution >= 4 is 0 Å². The van der Waals surface area contributed by atoms with E-state index in [1.165, 1.54) is 0 Å². The number of hydrogen-bond donors (Lipinski definition) is 1. The van der Waals surface area contributed by atoms with E-state index < -0.39 is 0 Å².